The van der Waals surface area contributed by atoms with Crippen LogP contribution in [-0.4, -0.2) is 19.9 Å². The van der Waals surface area contributed by atoms with E-state index in [0.717, 1.165) is 23.5 Å². The quantitative estimate of drug-likeness (QED) is 0.891. The largest absolute Gasteiger partial charge is 0.385 e. The van der Waals surface area contributed by atoms with Crippen LogP contribution in [0.5, 0.6) is 0 Å². The zero-order valence-electron chi connectivity index (χ0n) is 12.3. The predicted octanol–water partition coefficient (Wildman–Crippen LogP) is 2.93. The molecule has 0 unspecified atom stereocenters. The van der Waals surface area contributed by atoms with Gasteiger partial charge in [0.2, 0.25) is 0 Å². The first kappa shape index (κ1) is 15.3. The molecule has 2 aromatic rings. The molecule has 0 aliphatic rings. The highest BCUT2D eigenvalue weighted by molar-refractivity contribution is 7.92. The summed E-state index contributed by atoms with van der Waals surface area (Å²) in [4.78, 5) is 4.40. The van der Waals surface area contributed by atoms with Crippen molar-refractivity contribution in [2.45, 2.75) is 25.7 Å². The second-order valence-corrected chi connectivity index (χ2v) is 6.51. The van der Waals surface area contributed by atoms with E-state index in [1.54, 1.807) is 30.3 Å². The van der Waals surface area contributed by atoms with E-state index < -0.39 is 10.0 Å². The van der Waals surface area contributed by atoms with Crippen molar-refractivity contribution >= 4 is 21.5 Å². The van der Waals surface area contributed by atoms with Crippen molar-refractivity contribution in [1.29, 1.82) is 0 Å². The van der Waals surface area contributed by atoms with E-state index in [1.165, 1.54) is 0 Å². The lowest BCUT2D eigenvalue weighted by atomic mass is 10.2. The monoisotopic (exact) mass is 305 g/mol. The first-order valence-electron chi connectivity index (χ1n) is 6.73. The zero-order valence-corrected chi connectivity index (χ0v) is 13.2. The smallest absolute Gasteiger partial charge is 0.263 e. The van der Waals surface area contributed by atoms with Crippen LogP contribution in [0.4, 0.5) is 11.5 Å². The Labute approximate surface area is 125 Å². The lowest BCUT2D eigenvalue weighted by molar-refractivity contribution is 0.601. The third kappa shape index (κ3) is 3.95. The number of anilines is 2. The average molecular weight is 305 g/mol. The number of benzene rings is 1. The van der Waals surface area contributed by atoms with Crippen LogP contribution in [0.15, 0.2) is 41.3 Å². The fourth-order valence-electron chi connectivity index (χ4n) is 2.05. The number of pyridine rings is 1. The summed E-state index contributed by atoms with van der Waals surface area (Å²) in [5.74, 6) is 0.336. The number of aromatic nitrogens is 1. The standard InChI is InChI=1S/C15H19N3O2S/c1-4-16-13-5-7-14(8-6-13)21(19,20)18-15-10-11(2)9-12(3)17-15/h5-10,16H,4H2,1-3H3,(H,17,18). The summed E-state index contributed by atoms with van der Waals surface area (Å²) in [6.45, 7) is 6.50. The Morgan fingerprint density at radius 1 is 1.10 bits per heavy atom. The van der Waals surface area contributed by atoms with Gasteiger partial charge in [-0.2, -0.15) is 0 Å². The van der Waals surface area contributed by atoms with Gasteiger partial charge in [0.25, 0.3) is 10.0 Å². The Kier molecular flexibility index (Phi) is 4.47. The molecular weight excluding hydrogens is 286 g/mol. The van der Waals surface area contributed by atoms with E-state index >= 15 is 0 Å². The van der Waals surface area contributed by atoms with Crippen LogP contribution in [0.25, 0.3) is 0 Å². The summed E-state index contributed by atoms with van der Waals surface area (Å²) in [5.41, 5.74) is 2.62. The molecule has 0 bridgehead atoms. The second kappa shape index (κ2) is 6.13. The molecule has 2 rings (SSSR count). The van der Waals surface area contributed by atoms with Crippen LogP contribution < -0.4 is 10.0 Å². The molecule has 6 heteroatoms. The van der Waals surface area contributed by atoms with Gasteiger partial charge in [-0.25, -0.2) is 13.4 Å². The van der Waals surface area contributed by atoms with E-state index in [-0.39, 0.29) is 4.90 Å². The van der Waals surface area contributed by atoms with Gasteiger partial charge >= 0.3 is 0 Å². The van der Waals surface area contributed by atoms with Gasteiger partial charge in [-0.05, 0) is 62.7 Å². The Morgan fingerprint density at radius 2 is 1.76 bits per heavy atom. The molecule has 0 saturated carbocycles. The summed E-state index contributed by atoms with van der Waals surface area (Å²) in [6.07, 6.45) is 0. The summed E-state index contributed by atoms with van der Waals surface area (Å²) in [5, 5.41) is 3.12. The number of nitrogens with zero attached hydrogens (tertiary/aromatic N) is 1. The summed E-state index contributed by atoms with van der Waals surface area (Å²) in [7, 11) is -3.62. The lowest BCUT2D eigenvalue weighted by Gasteiger charge is -2.10. The molecule has 0 saturated heterocycles. The first-order valence-corrected chi connectivity index (χ1v) is 8.21. The minimum atomic E-state index is -3.62. The highest BCUT2D eigenvalue weighted by Gasteiger charge is 2.15. The molecule has 0 aliphatic carbocycles. The summed E-state index contributed by atoms with van der Waals surface area (Å²) in [6, 6.07) is 10.2. The van der Waals surface area contributed by atoms with Crippen molar-refractivity contribution in [3.63, 3.8) is 0 Å². The average Bonchev–Trinajstić information content (AvgIpc) is 2.38. The van der Waals surface area contributed by atoms with Crippen LogP contribution in [0.3, 0.4) is 0 Å². The summed E-state index contributed by atoms with van der Waals surface area (Å²) < 4.78 is 27.2. The zero-order chi connectivity index (χ0) is 15.5. The van der Waals surface area contributed by atoms with Gasteiger partial charge < -0.3 is 5.32 Å². The van der Waals surface area contributed by atoms with Gasteiger partial charge in [0.05, 0.1) is 4.90 Å². The minimum Gasteiger partial charge on any atom is -0.385 e. The molecule has 1 heterocycles. The molecule has 0 amide bonds. The van der Waals surface area contributed by atoms with E-state index in [1.807, 2.05) is 26.8 Å². The van der Waals surface area contributed by atoms with Crippen molar-refractivity contribution in [1.82, 2.24) is 4.98 Å². The number of hydrogen-bond donors (Lipinski definition) is 2. The van der Waals surface area contributed by atoms with E-state index in [0.29, 0.717) is 5.82 Å². The first-order chi connectivity index (χ1) is 9.90. The van der Waals surface area contributed by atoms with Crippen molar-refractivity contribution < 1.29 is 8.42 Å². The van der Waals surface area contributed by atoms with Crippen molar-refractivity contribution in [2.24, 2.45) is 0 Å². The molecule has 1 aromatic heterocycles. The minimum absolute atomic E-state index is 0.213. The Bertz CT molecular complexity index is 705. The topological polar surface area (TPSA) is 71.1 Å². The predicted molar refractivity (Wildman–Crippen MR) is 85.1 cm³/mol. The Hall–Kier alpha value is -2.08. The van der Waals surface area contributed by atoms with E-state index in [9.17, 15) is 8.42 Å². The number of aryl methyl sites for hydroxylation is 2. The molecule has 0 aliphatic heterocycles. The molecule has 5 nitrogen and oxygen atoms in total. The molecular formula is C15H19N3O2S. The van der Waals surface area contributed by atoms with Gasteiger partial charge in [-0.1, -0.05) is 0 Å². The SMILES string of the molecule is CCNc1ccc(S(=O)(=O)Nc2cc(C)cc(C)n2)cc1. The summed E-state index contributed by atoms with van der Waals surface area (Å²) >= 11 is 0. The van der Waals surface area contributed by atoms with Crippen LogP contribution in [0, 0.1) is 13.8 Å². The van der Waals surface area contributed by atoms with Crippen molar-refractivity contribution in [3.8, 4) is 0 Å². The van der Waals surface area contributed by atoms with Gasteiger partial charge in [-0.3, -0.25) is 4.72 Å². The maximum absolute atomic E-state index is 12.3. The van der Waals surface area contributed by atoms with Crippen LogP contribution in [0.1, 0.15) is 18.2 Å². The van der Waals surface area contributed by atoms with Crippen LogP contribution in [0.2, 0.25) is 0 Å². The molecule has 112 valence electrons. The Morgan fingerprint density at radius 3 is 2.33 bits per heavy atom. The van der Waals surface area contributed by atoms with Gasteiger partial charge in [0.1, 0.15) is 5.82 Å². The normalized spacial score (nSPS) is 11.2. The number of nitrogens with one attached hydrogen (secondary N) is 2. The van der Waals surface area contributed by atoms with Gasteiger partial charge in [0, 0.05) is 17.9 Å². The highest BCUT2D eigenvalue weighted by atomic mass is 32.2. The number of hydrogen-bond acceptors (Lipinski definition) is 4. The second-order valence-electron chi connectivity index (χ2n) is 4.83. The third-order valence-electron chi connectivity index (χ3n) is 2.88. The Balaban J connectivity index is 2.25. The molecule has 21 heavy (non-hydrogen) atoms. The van der Waals surface area contributed by atoms with Crippen molar-refractivity contribution in [3.05, 3.63) is 47.7 Å². The van der Waals surface area contributed by atoms with Gasteiger partial charge in [-0.15, -0.1) is 0 Å². The fraction of sp³-hybridized carbons (Fsp3) is 0.267. The van der Waals surface area contributed by atoms with Crippen LogP contribution >= 0.6 is 0 Å². The van der Waals surface area contributed by atoms with E-state index in [2.05, 4.69) is 15.0 Å². The molecule has 0 spiro atoms. The maximum Gasteiger partial charge on any atom is 0.263 e. The van der Waals surface area contributed by atoms with Gasteiger partial charge in [0.15, 0.2) is 0 Å². The maximum atomic E-state index is 12.3. The van der Waals surface area contributed by atoms with Crippen LogP contribution in [-0.2, 0) is 10.0 Å². The molecule has 0 radical (unpaired) electrons. The molecule has 0 fully saturated rings. The lowest BCUT2D eigenvalue weighted by Crippen LogP contribution is -2.14. The molecule has 0 atom stereocenters. The van der Waals surface area contributed by atoms with E-state index in [4.69, 9.17) is 0 Å². The fourth-order valence-corrected chi connectivity index (χ4v) is 3.04. The molecule has 2 N–H and O–H groups in total. The number of sulfonamides is 1. The van der Waals surface area contributed by atoms with Crippen molar-refractivity contribution in [2.75, 3.05) is 16.6 Å². The third-order valence-corrected chi connectivity index (χ3v) is 4.25. The highest BCUT2D eigenvalue weighted by Crippen LogP contribution is 2.18. The number of rotatable bonds is 5. The molecule has 1 aromatic carbocycles.